The molecule has 1 aliphatic heterocycles. The van der Waals surface area contributed by atoms with Gasteiger partial charge in [-0.15, -0.1) is 0 Å². The van der Waals surface area contributed by atoms with Crippen LogP contribution < -0.4 is 10.1 Å². The van der Waals surface area contributed by atoms with Crippen molar-refractivity contribution in [3.8, 4) is 5.88 Å². The van der Waals surface area contributed by atoms with Gasteiger partial charge in [0.2, 0.25) is 11.8 Å². The Labute approximate surface area is 156 Å². The molecule has 26 heavy (non-hydrogen) atoms. The molecule has 0 bridgehead atoms. The van der Waals surface area contributed by atoms with Crippen molar-refractivity contribution < 1.29 is 9.53 Å². The maximum Gasteiger partial charge on any atom is 0.225 e. The summed E-state index contributed by atoms with van der Waals surface area (Å²) in [6.45, 7) is 5.90. The van der Waals surface area contributed by atoms with Gasteiger partial charge < -0.3 is 10.1 Å². The third kappa shape index (κ3) is 5.43. The summed E-state index contributed by atoms with van der Waals surface area (Å²) >= 11 is 0. The minimum atomic E-state index is -0.0398. The van der Waals surface area contributed by atoms with Gasteiger partial charge in [-0.1, -0.05) is 36.8 Å². The first-order valence-electron chi connectivity index (χ1n) is 9.72. The van der Waals surface area contributed by atoms with Gasteiger partial charge in [-0.25, -0.2) is 0 Å². The second kappa shape index (κ2) is 9.53. The Bertz CT molecular complexity index is 669. The molecule has 1 fully saturated rings. The highest BCUT2D eigenvalue weighted by molar-refractivity contribution is 5.89. The van der Waals surface area contributed by atoms with Gasteiger partial charge in [0, 0.05) is 24.9 Å². The fourth-order valence-electron chi connectivity index (χ4n) is 3.46. The van der Waals surface area contributed by atoms with Crippen LogP contribution in [-0.2, 0) is 4.79 Å². The Balaban J connectivity index is 1.34. The van der Waals surface area contributed by atoms with Crippen molar-refractivity contribution >= 4 is 11.7 Å². The van der Waals surface area contributed by atoms with Crippen molar-refractivity contribution in [2.75, 3.05) is 31.6 Å². The van der Waals surface area contributed by atoms with Crippen LogP contribution in [0.4, 0.5) is 5.82 Å². The number of allylic oxidation sites excluding steroid dienone is 3. The zero-order chi connectivity index (χ0) is 18.2. The van der Waals surface area contributed by atoms with Crippen LogP contribution in [-0.4, -0.2) is 42.0 Å². The summed E-state index contributed by atoms with van der Waals surface area (Å²) < 4.78 is 5.74. The van der Waals surface area contributed by atoms with Crippen LogP contribution in [0.3, 0.4) is 0 Å². The number of hydrogen-bond acceptors (Lipinski definition) is 4. The molecule has 1 aliphatic carbocycles. The molecule has 0 radical (unpaired) electrons. The number of carbonyl (C=O) groups excluding carboxylic acids is 1. The van der Waals surface area contributed by atoms with Crippen molar-refractivity contribution in [3.05, 3.63) is 42.0 Å². The highest BCUT2D eigenvalue weighted by atomic mass is 16.5. The Hall–Kier alpha value is -2.14. The molecule has 140 valence electrons. The van der Waals surface area contributed by atoms with Gasteiger partial charge in [0.15, 0.2) is 0 Å². The Morgan fingerprint density at radius 2 is 2.31 bits per heavy atom. The number of rotatable bonds is 8. The van der Waals surface area contributed by atoms with Crippen LogP contribution in [0.15, 0.2) is 42.0 Å². The van der Waals surface area contributed by atoms with Crippen LogP contribution in [0.5, 0.6) is 5.88 Å². The molecule has 1 aromatic rings. The highest BCUT2D eigenvalue weighted by Crippen LogP contribution is 2.27. The van der Waals surface area contributed by atoms with Crippen LogP contribution >= 0.6 is 0 Å². The van der Waals surface area contributed by atoms with E-state index in [1.165, 1.54) is 13.0 Å². The largest absolute Gasteiger partial charge is 0.478 e. The maximum absolute atomic E-state index is 11.4. The lowest BCUT2D eigenvalue weighted by atomic mass is 9.87. The van der Waals surface area contributed by atoms with Crippen LogP contribution in [0, 0.1) is 5.92 Å². The van der Waals surface area contributed by atoms with Gasteiger partial charge >= 0.3 is 0 Å². The van der Waals surface area contributed by atoms with E-state index in [2.05, 4.69) is 33.4 Å². The molecule has 0 aromatic carbocycles. The van der Waals surface area contributed by atoms with Crippen LogP contribution in [0.25, 0.3) is 0 Å². The summed E-state index contributed by atoms with van der Waals surface area (Å²) in [5, 5.41) is 2.75. The average molecular weight is 355 g/mol. The third-order valence-corrected chi connectivity index (χ3v) is 4.95. The first-order chi connectivity index (χ1) is 12.7. The van der Waals surface area contributed by atoms with Gasteiger partial charge in [0.1, 0.15) is 5.82 Å². The predicted molar refractivity (Wildman–Crippen MR) is 104 cm³/mol. The van der Waals surface area contributed by atoms with Gasteiger partial charge in [-0.3, -0.25) is 9.69 Å². The first kappa shape index (κ1) is 18.6. The van der Waals surface area contributed by atoms with E-state index in [0.29, 0.717) is 30.6 Å². The molecule has 2 aliphatic rings. The number of fused-ring (bicyclic) bond motifs is 1. The van der Waals surface area contributed by atoms with Gasteiger partial charge in [-0.05, 0) is 44.8 Å². The lowest BCUT2D eigenvalue weighted by molar-refractivity contribution is -0.115. The van der Waals surface area contributed by atoms with E-state index in [1.807, 2.05) is 19.1 Å². The molecule has 3 rings (SSSR count). The average Bonchev–Trinajstić information content (AvgIpc) is 2.68. The minimum absolute atomic E-state index is 0.0398. The number of unbranched alkanes of at least 4 members (excludes halogenated alkanes) is 1. The zero-order valence-electron chi connectivity index (χ0n) is 15.6. The quantitative estimate of drug-likeness (QED) is 0.569. The summed E-state index contributed by atoms with van der Waals surface area (Å²) in [6, 6.07) is 5.46. The molecule has 1 atom stereocenters. The number of piperidine rings is 1. The number of hydrogen-bond donors (Lipinski definition) is 1. The summed E-state index contributed by atoms with van der Waals surface area (Å²) in [5.74, 6) is 1.77. The number of ether oxygens (including phenoxy) is 1. The normalized spacial score (nSPS) is 19.6. The Kier molecular flexibility index (Phi) is 6.83. The number of nitrogens with zero attached hydrogens (tertiary/aromatic N) is 2. The molecule has 1 saturated heterocycles. The van der Waals surface area contributed by atoms with Gasteiger partial charge in [-0.2, -0.15) is 4.98 Å². The molecule has 1 unspecified atom stereocenters. The van der Waals surface area contributed by atoms with Crippen molar-refractivity contribution in [1.29, 1.82) is 0 Å². The molecule has 5 nitrogen and oxygen atoms in total. The molecule has 1 N–H and O–H groups in total. The molecule has 0 saturated carbocycles. The van der Waals surface area contributed by atoms with Crippen LogP contribution in [0.1, 0.15) is 39.0 Å². The number of aromatic nitrogens is 1. The summed E-state index contributed by atoms with van der Waals surface area (Å²) in [4.78, 5) is 18.3. The van der Waals surface area contributed by atoms with E-state index in [0.717, 1.165) is 32.4 Å². The molecule has 5 heteroatoms. The molecule has 2 heterocycles. The second-order valence-electron chi connectivity index (χ2n) is 6.93. The topological polar surface area (TPSA) is 54.5 Å². The Morgan fingerprint density at radius 3 is 3.19 bits per heavy atom. The molecular weight excluding hydrogens is 326 g/mol. The van der Waals surface area contributed by atoms with Gasteiger partial charge in [0.25, 0.3) is 0 Å². The molecule has 1 aromatic heterocycles. The minimum Gasteiger partial charge on any atom is -0.478 e. The lowest BCUT2D eigenvalue weighted by Crippen LogP contribution is -2.36. The van der Waals surface area contributed by atoms with E-state index >= 15 is 0 Å². The number of amides is 1. The van der Waals surface area contributed by atoms with E-state index in [1.54, 1.807) is 11.6 Å². The van der Waals surface area contributed by atoms with Crippen molar-refractivity contribution in [3.63, 3.8) is 0 Å². The Morgan fingerprint density at radius 1 is 1.38 bits per heavy atom. The van der Waals surface area contributed by atoms with Crippen molar-refractivity contribution in [2.24, 2.45) is 5.92 Å². The third-order valence-electron chi connectivity index (χ3n) is 4.95. The van der Waals surface area contributed by atoms with Crippen molar-refractivity contribution in [2.45, 2.75) is 39.0 Å². The van der Waals surface area contributed by atoms with Crippen LogP contribution in [0.2, 0.25) is 0 Å². The molecule has 1 amide bonds. The molecular formula is C21H29N3O2. The second-order valence-corrected chi connectivity index (χ2v) is 6.93. The van der Waals surface area contributed by atoms with E-state index in [9.17, 15) is 4.79 Å². The fraction of sp³-hybridized carbons (Fsp3) is 0.524. The van der Waals surface area contributed by atoms with E-state index < -0.39 is 0 Å². The van der Waals surface area contributed by atoms with E-state index in [4.69, 9.17) is 4.74 Å². The van der Waals surface area contributed by atoms with Gasteiger partial charge in [0.05, 0.1) is 6.61 Å². The number of likely N-dealkylation sites (tertiary alicyclic amines) is 1. The summed E-state index contributed by atoms with van der Waals surface area (Å²) in [6.07, 6.45) is 12.0. The lowest BCUT2D eigenvalue weighted by Gasteiger charge is -2.34. The number of pyridine rings is 1. The highest BCUT2D eigenvalue weighted by Gasteiger charge is 2.22. The monoisotopic (exact) mass is 355 g/mol. The molecule has 0 spiro atoms. The standard InChI is InChI=1S/C21H29N3O2/c1-2-20(25)22-19-10-7-11-21(23-19)26-15-6-5-13-24-14-12-17-8-3-4-9-18(17)16-24/h3,7-11,17H,2,4-6,12-16H2,1H3,(H,22,23,25). The zero-order valence-corrected chi connectivity index (χ0v) is 15.6. The number of nitrogens with one attached hydrogen (secondary N) is 1. The SMILES string of the molecule is CCC(=O)Nc1cccc(OCCCCN2CCC3C=CCC=C3C2)n1. The van der Waals surface area contributed by atoms with E-state index in [-0.39, 0.29) is 5.91 Å². The summed E-state index contributed by atoms with van der Waals surface area (Å²) in [7, 11) is 0. The smallest absolute Gasteiger partial charge is 0.225 e. The fourth-order valence-corrected chi connectivity index (χ4v) is 3.46. The number of anilines is 1. The predicted octanol–water partition coefficient (Wildman–Crippen LogP) is 3.80. The first-order valence-corrected chi connectivity index (χ1v) is 9.72. The number of carbonyl (C=O) groups is 1. The maximum atomic E-state index is 11.4. The van der Waals surface area contributed by atoms with Crippen molar-refractivity contribution in [1.82, 2.24) is 9.88 Å². The summed E-state index contributed by atoms with van der Waals surface area (Å²) in [5.41, 5.74) is 1.60.